The van der Waals surface area contributed by atoms with Crippen molar-refractivity contribution in [2.24, 2.45) is 0 Å². The summed E-state index contributed by atoms with van der Waals surface area (Å²) in [4.78, 5) is 0.188. The van der Waals surface area contributed by atoms with Gasteiger partial charge in [-0.25, -0.2) is 8.42 Å². The third-order valence-electron chi connectivity index (χ3n) is 2.76. The molecule has 0 unspecified atom stereocenters. The standard InChI is InChI=1S/C15H10O4S/c16-20(17,13-4-2-1-3-5-13)9-8-12-6-7-14-15(10-12)19-11-18-14/h1-7,10H,11H2. The summed E-state index contributed by atoms with van der Waals surface area (Å²) in [5, 5.41) is 2.31. The second kappa shape index (κ2) is 4.91. The number of fused-ring (bicyclic) bond motifs is 1. The lowest BCUT2D eigenvalue weighted by atomic mass is 10.2. The van der Waals surface area contributed by atoms with E-state index < -0.39 is 9.84 Å². The Morgan fingerprint density at radius 3 is 2.50 bits per heavy atom. The number of ether oxygens (including phenoxy) is 2. The lowest BCUT2D eigenvalue weighted by Gasteiger charge is -1.96. The average Bonchev–Trinajstić information content (AvgIpc) is 2.94. The molecule has 0 saturated heterocycles. The van der Waals surface area contributed by atoms with Crippen LogP contribution >= 0.6 is 0 Å². The van der Waals surface area contributed by atoms with Gasteiger partial charge in [-0.1, -0.05) is 18.2 Å². The van der Waals surface area contributed by atoms with E-state index in [0.29, 0.717) is 17.1 Å². The van der Waals surface area contributed by atoms with Gasteiger partial charge >= 0.3 is 0 Å². The minimum atomic E-state index is -3.61. The van der Waals surface area contributed by atoms with E-state index in [2.05, 4.69) is 11.2 Å². The largest absolute Gasteiger partial charge is 0.454 e. The zero-order valence-corrected chi connectivity index (χ0v) is 11.2. The molecule has 0 fully saturated rings. The van der Waals surface area contributed by atoms with Crippen LogP contribution in [-0.4, -0.2) is 15.2 Å². The molecule has 2 aromatic carbocycles. The summed E-state index contributed by atoms with van der Waals surface area (Å²) in [5.74, 6) is 3.86. The predicted molar refractivity (Wildman–Crippen MR) is 73.1 cm³/mol. The highest BCUT2D eigenvalue weighted by atomic mass is 32.2. The maximum Gasteiger partial charge on any atom is 0.245 e. The van der Waals surface area contributed by atoms with E-state index in [4.69, 9.17) is 9.47 Å². The molecular formula is C15H10O4S. The van der Waals surface area contributed by atoms with Crippen LogP contribution in [0.1, 0.15) is 5.56 Å². The van der Waals surface area contributed by atoms with Crippen molar-refractivity contribution in [2.75, 3.05) is 6.79 Å². The van der Waals surface area contributed by atoms with E-state index in [1.54, 1.807) is 36.4 Å². The molecule has 5 heteroatoms. The van der Waals surface area contributed by atoms with Crippen LogP contribution in [0.4, 0.5) is 0 Å². The number of benzene rings is 2. The number of hydrogen-bond donors (Lipinski definition) is 0. The Bertz CT molecular complexity index is 799. The zero-order chi connectivity index (χ0) is 14.0. The second-order valence-corrected chi connectivity index (χ2v) is 5.79. The molecule has 1 aliphatic heterocycles. The van der Waals surface area contributed by atoms with E-state index in [1.165, 1.54) is 12.1 Å². The summed E-state index contributed by atoms with van der Waals surface area (Å²) >= 11 is 0. The first-order chi connectivity index (χ1) is 9.65. The lowest BCUT2D eigenvalue weighted by Crippen LogP contribution is -1.96. The Kier molecular flexibility index (Phi) is 3.09. The Morgan fingerprint density at radius 1 is 0.950 bits per heavy atom. The molecule has 0 spiro atoms. The molecule has 20 heavy (non-hydrogen) atoms. The fourth-order valence-corrected chi connectivity index (χ4v) is 2.64. The molecule has 3 rings (SSSR count). The topological polar surface area (TPSA) is 52.6 Å². The van der Waals surface area contributed by atoms with Gasteiger partial charge in [0.2, 0.25) is 16.6 Å². The van der Waals surface area contributed by atoms with Crippen LogP contribution in [0.3, 0.4) is 0 Å². The number of rotatable bonds is 1. The molecule has 0 aliphatic carbocycles. The fourth-order valence-electron chi connectivity index (χ4n) is 1.76. The van der Waals surface area contributed by atoms with Crippen LogP contribution in [0, 0.1) is 11.2 Å². The van der Waals surface area contributed by atoms with Crippen molar-refractivity contribution in [3.63, 3.8) is 0 Å². The molecule has 4 nitrogen and oxygen atoms in total. The minimum absolute atomic E-state index is 0.175. The van der Waals surface area contributed by atoms with Crippen LogP contribution < -0.4 is 9.47 Å². The maximum atomic E-state index is 12.0. The van der Waals surface area contributed by atoms with E-state index >= 15 is 0 Å². The fraction of sp³-hybridized carbons (Fsp3) is 0.0667. The van der Waals surface area contributed by atoms with Crippen LogP contribution in [-0.2, 0) is 9.84 Å². The quantitative estimate of drug-likeness (QED) is 0.754. The summed E-state index contributed by atoms with van der Waals surface area (Å²) < 4.78 is 34.4. The third kappa shape index (κ3) is 2.46. The first kappa shape index (κ1) is 12.6. The Morgan fingerprint density at radius 2 is 1.70 bits per heavy atom. The number of sulfone groups is 1. The van der Waals surface area contributed by atoms with E-state index in [-0.39, 0.29) is 11.7 Å². The van der Waals surface area contributed by atoms with Crippen molar-refractivity contribution in [1.29, 1.82) is 0 Å². The molecule has 100 valence electrons. The van der Waals surface area contributed by atoms with E-state index in [1.807, 2.05) is 0 Å². The summed E-state index contributed by atoms with van der Waals surface area (Å²) in [6, 6.07) is 13.2. The van der Waals surface area contributed by atoms with Gasteiger partial charge in [-0.2, -0.15) is 0 Å². The monoisotopic (exact) mass is 286 g/mol. The van der Waals surface area contributed by atoms with Gasteiger partial charge in [0.25, 0.3) is 0 Å². The van der Waals surface area contributed by atoms with Crippen molar-refractivity contribution in [3.8, 4) is 22.7 Å². The maximum absolute atomic E-state index is 12.0. The first-order valence-corrected chi connectivity index (χ1v) is 7.36. The predicted octanol–water partition coefficient (Wildman–Crippen LogP) is 2.20. The van der Waals surface area contributed by atoms with Gasteiger partial charge in [0.15, 0.2) is 11.5 Å². The normalized spacial score (nSPS) is 12.6. The molecule has 0 saturated carbocycles. The molecule has 0 atom stereocenters. The molecule has 0 amide bonds. The highest BCUT2D eigenvalue weighted by molar-refractivity contribution is 7.96. The summed E-state index contributed by atoms with van der Waals surface area (Å²) in [6.45, 7) is 0.175. The summed E-state index contributed by atoms with van der Waals surface area (Å²) in [5.41, 5.74) is 0.564. The van der Waals surface area contributed by atoms with Gasteiger partial charge in [0.1, 0.15) is 0 Å². The van der Waals surface area contributed by atoms with Crippen LogP contribution in [0.5, 0.6) is 11.5 Å². The van der Waals surface area contributed by atoms with Crippen molar-refractivity contribution >= 4 is 9.84 Å². The zero-order valence-electron chi connectivity index (χ0n) is 10.4. The van der Waals surface area contributed by atoms with Gasteiger partial charge in [0.05, 0.1) is 4.90 Å². The molecular weight excluding hydrogens is 276 g/mol. The Hall–Kier alpha value is -2.45. The molecule has 0 bridgehead atoms. The van der Waals surface area contributed by atoms with Gasteiger partial charge in [-0.3, -0.25) is 0 Å². The van der Waals surface area contributed by atoms with Crippen LogP contribution in [0.15, 0.2) is 53.4 Å². The highest BCUT2D eigenvalue weighted by Crippen LogP contribution is 2.32. The van der Waals surface area contributed by atoms with Crippen molar-refractivity contribution < 1.29 is 17.9 Å². The molecule has 0 N–H and O–H groups in total. The SMILES string of the molecule is O=S(=O)(C#Cc1ccc2c(c1)OCO2)c1ccccc1. The average molecular weight is 286 g/mol. The highest BCUT2D eigenvalue weighted by Gasteiger charge is 2.13. The Balaban J connectivity index is 1.92. The van der Waals surface area contributed by atoms with Gasteiger partial charge in [-0.15, -0.1) is 0 Å². The molecule has 0 radical (unpaired) electrons. The Labute approximate surface area is 116 Å². The second-order valence-electron chi connectivity index (χ2n) is 4.11. The smallest absolute Gasteiger partial charge is 0.245 e. The first-order valence-electron chi connectivity index (χ1n) is 5.88. The number of hydrogen-bond acceptors (Lipinski definition) is 4. The summed E-state index contributed by atoms with van der Waals surface area (Å²) in [7, 11) is -3.61. The molecule has 2 aromatic rings. The van der Waals surface area contributed by atoms with Crippen molar-refractivity contribution in [1.82, 2.24) is 0 Å². The minimum Gasteiger partial charge on any atom is -0.454 e. The van der Waals surface area contributed by atoms with Crippen molar-refractivity contribution in [3.05, 3.63) is 54.1 Å². The third-order valence-corrected chi connectivity index (χ3v) is 4.02. The van der Waals surface area contributed by atoms with Crippen LogP contribution in [0.25, 0.3) is 0 Å². The van der Waals surface area contributed by atoms with Gasteiger partial charge < -0.3 is 9.47 Å². The lowest BCUT2D eigenvalue weighted by molar-refractivity contribution is 0.174. The van der Waals surface area contributed by atoms with Gasteiger partial charge in [-0.05, 0) is 36.3 Å². The van der Waals surface area contributed by atoms with Crippen molar-refractivity contribution in [2.45, 2.75) is 4.90 Å². The molecule has 0 aromatic heterocycles. The molecule has 1 aliphatic rings. The van der Waals surface area contributed by atoms with E-state index in [0.717, 1.165) is 0 Å². The van der Waals surface area contributed by atoms with E-state index in [9.17, 15) is 8.42 Å². The molecule has 1 heterocycles. The summed E-state index contributed by atoms with van der Waals surface area (Å²) in [6.07, 6.45) is 0. The van der Waals surface area contributed by atoms with Crippen LogP contribution in [0.2, 0.25) is 0 Å². The van der Waals surface area contributed by atoms with Gasteiger partial charge in [0, 0.05) is 10.8 Å².